The summed E-state index contributed by atoms with van der Waals surface area (Å²) < 4.78 is 13.3. The van der Waals surface area contributed by atoms with Crippen molar-refractivity contribution in [1.29, 1.82) is 0 Å². The zero-order valence-electron chi connectivity index (χ0n) is 16.5. The van der Waals surface area contributed by atoms with Crippen molar-refractivity contribution in [2.24, 2.45) is 4.99 Å². The van der Waals surface area contributed by atoms with E-state index in [0.29, 0.717) is 10.9 Å². The number of nitrogens with one attached hydrogen (secondary N) is 1. The van der Waals surface area contributed by atoms with Gasteiger partial charge in [-0.05, 0) is 50.1 Å². The molecule has 1 aliphatic rings. The van der Waals surface area contributed by atoms with Crippen LogP contribution < -0.4 is 5.32 Å². The maximum absolute atomic E-state index is 13.3. The van der Waals surface area contributed by atoms with Gasteiger partial charge in [0.25, 0.3) is 0 Å². The highest BCUT2D eigenvalue weighted by Crippen LogP contribution is 2.32. The van der Waals surface area contributed by atoms with Gasteiger partial charge in [-0.15, -0.1) is 0 Å². The number of nitrogens with zero attached hydrogens (tertiary/aromatic N) is 2. The van der Waals surface area contributed by atoms with Gasteiger partial charge in [0.15, 0.2) is 5.17 Å². The second kappa shape index (κ2) is 8.55. The first kappa shape index (κ1) is 21.3. The lowest BCUT2D eigenvalue weighted by Gasteiger charge is -2.14. The second-order valence-electron chi connectivity index (χ2n) is 7.02. The number of amides is 2. The van der Waals surface area contributed by atoms with Gasteiger partial charge in [0.05, 0.1) is 10.7 Å². The van der Waals surface area contributed by atoms with Gasteiger partial charge in [-0.2, -0.15) is 0 Å². The molecule has 3 rings (SSSR count). The molecule has 0 aromatic heterocycles. The molecule has 1 fully saturated rings. The lowest BCUT2D eigenvalue weighted by atomic mass is 10.0. The fourth-order valence-corrected chi connectivity index (χ4v) is 4.53. The topological polar surface area (TPSA) is 61.8 Å². The van der Waals surface area contributed by atoms with Gasteiger partial charge in [0, 0.05) is 19.2 Å². The lowest BCUT2D eigenvalue weighted by molar-refractivity contribution is -0.127. The number of amidine groups is 1. The number of aryl methyl sites for hydroxylation is 3. The highest BCUT2D eigenvalue weighted by atomic mass is 35.5. The molecule has 1 N–H and O–H groups in total. The first-order valence-electron chi connectivity index (χ1n) is 9.01. The molecule has 0 saturated carbocycles. The molecule has 0 aliphatic carbocycles. The van der Waals surface area contributed by atoms with Crippen LogP contribution in [0.25, 0.3) is 0 Å². The number of rotatable bonds is 4. The van der Waals surface area contributed by atoms with Gasteiger partial charge in [-0.3, -0.25) is 14.5 Å². The van der Waals surface area contributed by atoms with Crippen molar-refractivity contribution in [3.05, 3.63) is 57.9 Å². The molecule has 1 atom stereocenters. The van der Waals surface area contributed by atoms with Gasteiger partial charge < -0.3 is 5.32 Å². The Hall–Kier alpha value is -2.38. The van der Waals surface area contributed by atoms with Gasteiger partial charge in [-0.25, -0.2) is 9.38 Å². The molecule has 152 valence electrons. The Morgan fingerprint density at radius 1 is 1.24 bits per heavy atom. The Balaban J connectivity index is 1.72. The van der Waals surface area contributed by atoms with Crippen molar-refractivity contribution in [1.82, 2.24) is 4.90 Å². The minimum Gasteiger partial charge on any atom is -0.326 e. The van der Waals surface area contributed by atoms with Crippen LogP contribution in [0, 0.1) is 26.6 Å². The summed E-state index contributed by atoms with van der Waals surface area (Å²) in [6, 6.07) is 8.11. The fraction of sp³-hybridized carbons (Fsp3) is 0.286. The van der Waals surface area contributed by atoms with Gasteiger partial charge in [0.1, 0.15) is 11.1 Å². The van der Waals surface area contributed by atoms with E-state index in [-0.39, 0.29) is 23.3 Å². The Labute approximate surface area is 178 Å². The number of thioether (sulfide) groups is 1. The first-order valence-corrected chi connectivity index (χ1v) is 10.3. The molecule has 2 amide bonds. The zero-order chi connectivity index (χ0) is 21.3. The molecule has 0 bridgehead atoms. The molecular formula is C21H21ClFN3O2S. The van der Waals surface area contributed by atoms with Crippen molar-refractivity contribution < 1.29 is 14.0 Å². The molecule has 1 aliphatic heterocycles. The molecule has 1 saturated heterocycles. The molecule has 2 aromatic carbocycles. The maximum atomic E-state index is 13.3. The van der Waals surface area contributed by atoms with Crippen LogP contribution in [0.5, 0.6) is 0 Å². The number of benzene rings is 2. The quantitative estimate of drug-likeness (QED) is 0.738. The molecule has 8 heteroatoms. The SMILES string of the molecule is Cc1cc(C)c(NC(=O)C[C@@H]2SC(=Nc3ccc(F)c(Cl)c3)N(C)C2=O)c(C)c1. The zero-order valence-corrected chi connectivity index (χ0v) is 18.1. The van der Waals surface area contributed by atoms with Crippen LogP contribution in [0.3, 0.4) is 0 Å². The average Bonchev–Trinajstić information content (AvgIpc) is 2.89. The molecule has 5 nitrogen and oxygen atoms in total. The summed E-state index contributed by atoms with van der Waals surface area (Å²) in [5.41, 5.74) is 4.30. The van der Waals surface area contributed by atoms with Crippen LogP contribution in [0.1, 0.15) is 23.1 Å². The molecule has 0 radical (unpaired) electrons. The van der Waals surface area contributed by atoms with E-state index in [1.54, 1.807) is 7.05 Å². The molecule has 0 unspecified atom stereocenters. The Morgan fingerprint density at radius 3 is 2.52 bits per heavy atom. The molecular weight excluding hydrogens is 413 g/mol. The van der Waals surface area contributed by atoms with E-state index < -0.39 is 11.1 Å². The highest BCUT2D eigenvalue weighted by molar-refractivity contribution is 8.15. The lowest BCUT2D eigenvalue weighted by Crippen LogP contribution is -2.30. The third-order valence-corrected chi connectivity index (χ3v) is 6.10. The molecule has 2 aromatic rings. The predicted octanol–water partition coefficient (Wildman–Crippen LogP) is 4.99. The van der Waals surface area contributed by atoms with Crippen molar-refractivity contribution >= 4 is 51.7 Å². The van der Waals surface area contributed by atoms with Gasteiger partial charge >= 0.3 is 0 Å². The van der Waals surface area contributed by atoms with Crippen LogP contribution >= 0.6 is 23.4 Å². The van der Waals surface area contributed by atoms with Crippen LogP contribution in [0.4, 0.5) is 15.8 Å². The fourth-order valence-electron chi connectivity index (χ4n) is 3.20. The standard InChI is InChI=1S/C21H21ClFN3O2S/c1-11-7-12(2)19(13(3)8-11)25-18(27)10-17-20(28)26(4)21(29-17)24-14-5-6-16(23)15(22)9-14/h5-9,17H,10H2,1-4H3,(H,25,27)/t17-/m0/s1. The average molecular weight is 434 g/mol. The largest absolute Gasteiger partial charge is 0.326 e. The van der Waals surface area contributed by atoms with Gasteiger partial charge in [0.2, 0.25) is 11.8 Å². The predicted molar refractivity (Wildman–Crippen MR) is 117 cm³/mol. The minimum absolute atomic E-state index is 0.0315. The summed E-state index contributed by atoms with van der Waals surface area (Å²) in [6.07, 6.45) is 0.0315. The first-order chi connectivity index (χ1) is 13.7. The number of hydrogen-bond donors (Lipinski definition) is 1. The van der Waals surface area contributed by atoms with Crippen molar-refractivity contribution in [3.63, 3.8) is 0 Å². The van der Waals surface area contributed by atoms with E-state index in [1.165, 1.54) is 34.9 Å². The van der Waals surface area contributed by atoms with Crippen LogP contribution in [-0.4, -0.2) is 34.2 Å². The van der Waals surface area contributed by atoms with Crippen molar-refractivity contribution in [2.75, 3.05) is 12.4 Å². The normalized spacial score (nSPS) is 17.9. The number of carbonyl (C=O) groups is 2. The minimum atomic E-state index is -0.569. The number of anilines is 1. The number of aliphatic imine (C=N–C) groups is 1. The monoisotopic (exact) mass is 433 g/mol. The van der Waals surface area contributed by atoms with Gasteiger partial charge in [-0.1, -0.05) is 41.1 Å². The maximum Gasteiger partial charge on any atom is 0.242 e. The molecule has 29 heavy (non-hydrogen) atoms. The van der Waals surface area contributed by atoms with E-state index >= 15 is 0 Å². The Bertz CT molecular complexity index is 1000. The summed E-state index contributed by atoms with van der Waals surface area (Å²) in [5.74, 6) is -0.963. The highest BCUT2D eigenvalue weighted by Gasteiger charge is 2.37. The van der Waals surface area contributed by atoms with Crippen LogP contribution in [0.15, 0.2) is 35.3 Å². The Kier molecular flexibility index (Phi) is 6.29. The smallest absolute Gasteiger partial charge is 0.242 e. The molecule has 1 heterocycles. The third-order valence-electron chi connectivity index (χ3n) is 4.58. The summed E-state index contributed by atoms with van der Waals surface area (Å²) in [4.78, 5) is 30.9. The number of carbonyl (C=O) groups excluding carboxylic acids is 2. The number of hydrogen-bond acceptors (Lipinski definition) is 4. The summed E-state index contributed by atoms with van der Waals surface area (Å²) in [6.45, 7) is 5.89. The van der Waals surface area contributed by atoms with E-state index in [9.17, 15) is 14.0 Å². The summed E-state index contributed by atoms with van der Waals surface area (Å²) in [5, 5.41) is 2.76. The van der Waals surface area contributed by atoms with Crippen LogP contribution in [-0.2, 0) is 9.59 Å². The van der Waals surface area contributed by atoms with Crippen LogP contribution in [0.2, 0.25) is 5.02 Å². The second-order valence-corrected chi connectivity index (χ2v) is 8.60. The molecule has 0 spiro atoms. The summed E-state index contributed by atoms with van der Waals surface area (Å²) >= 11 is 7.00. The van der Waals surface area contributed by atoms with E-state index in [0.717, 1.165) is 22.4 Å². The number of halogens is 2. The van der Waals surface area contributed by atoms with E-state index in [2.05, 4.69) is 10.3 Å². The van der Waals surface area contributed by atoms with E-state index in [4.69, 9.17) is 11.6 Å². The Morgan fingerprint density at radius 2 is 1.90 bits per heavy atom. The third kappa shape index (κ3) is 4.79. The summed E-state index contributed by atoms with van der Waals surface area (Å²) in [7, 11) is 1.60. The van der Waals surface area contributed by atoms with Crippen molar-refractivity contribution in [2.45, 2.75) is 32.4 Å². The van der Waals surface area contributed by atoms with E-state index in [1.807, 2.05) is 32.9 Å². The van der Waals surface area contributed by atoms with Crippen molar-refractivity contribution in [3.8, 4) is 0 Å².